The lowest BCUT2D eigenvalue weighted by molar-refractivity contribution is 0.619. The van der Waals surface area contributed by atoms with E-state index < -0.39 is 0 Å². The van der Waals surface area contributed by atoms with Crippen molar-refractivity contribution in [1.29, 1.82) is 0 Å². The Morgan fingerprint density at radius 3 is 2.57 bits per heavy atom. The maximum absolute atomic E-state index is 12.3. The minimum atomic E-state index is -0.0972. The van der Waals surface area contributed by atoms with E-state index in [1.165, 1.54) is 6.07 Å². The molecule has 0 aliphatic rings. The maximum Gasteiger partial charge on any atom is 0.193 e. The lowest BCUT2D eigenvalue weighted by Gasteiger charge is -2.06. The second kappa shape index (κ2) is 5.84. The van der Waals surface area contributed by atoms with E-state index in [9.17, 15) is 4.79 Å². The Labute approximate surface area is 139 Å². The molecule has 1 aromatic heterocycles. The summed E-state index contributed by atoms with van der Waals surface area (Å²) in [6.45, 7) is 0. The molecule has 21 heavy (non-hydrogen) atoms. The van der Waals surface area contributed by atoms with Crippen molar-refractivity contribution in [3.63, 3.8) is 0 Å². The van der Waals surface area contributed by atoms with Crippen molar-refractivity contribution in [3.8, 4) is 11.3 Å². The first-order valence-corrected chi connectivity index (χ1v) is 8.04. The molecule has 0 saturated carbocycles. The first kappa shape index (κ1) is 14.6. The van der Waals surface area contributed by atoms with Gasteiger partial charge >= 0.3 is 0 Å². The third-order valence-electron chi connectivity index (χ3n) is 3.14. The van der Waals surface area contributed by atoms with E-state index in [0.717, 1.165) is 5.56 Å². The van der Waals surface area contributed by atoms with Crippen molar-refractivity contribution >= 4 is 50.1 Å². The minimum Gasteiger partial charge on any atom is -0.456 e. The fourth-order valence-electron chi connectivity index (χ4n) is 2.11. The zero-order valence-corrected chi connectivity index (χ0v) is 13.8. The van der Waals surface area contributed by atoms with Crippen molar-refractivity contribution in [2.75, 3.05) is 0 Å². The summed E-state index contributed by atoms with van der Waals surface area (Å²) in [7, 11) is 0. The lowest BCUT2D eigenvalue weighted by Crippen LogP contribution is -2.01. The quantitative estimate of drug-likeness (QED) is 0.534. The van der Waals surface area contributed by atoms with Gasteiger partial charge in [-0.05, 0) is 35.9 Å². The highest BCUT2D eigenvalue weighted by Gasteiger charge is 2.11. The van der Waals surface area contributed by atoms with E-state index in [4.69, 9.17) is 27.6 Å². The van der Waals surface area contributed by atoms with Crippen molar-refractivity contribution in [2.45, 2.75) is 5.33 Å². The number of hydrogen-bond donors (Lipinski definition) is 0. The first-order valence-electron chi connectivity index (χ1n) is 6.16. The monoisotopic (exact) mass is 382 g/mol. The molecule has 0 N–H and O–H groups in total. The molecule has 0 unspecified atom stereocenters. The molecule has 0 saturated heterocycles. The highest BCUT2D eigenvalue weighted by atomic mass is 79.9. The normalized spacial score (nSPS) is 11.0. The standard InChI is InChI=1S/C16H9BrCl2O2/c17-8-9-1-4-15-12(5-9)14(20)7-16(21-15)11-3-2-10(18)6-13(11)19/h1-7H,8H2. The number of alkyl halides is 1. The number of hydrogen-bond acceptors (Lipinski definition) is 2. The molecule has 0 amide bonds. The second-order valence-corrected chi connectivity index (χ2v) is 5.97. The van der Waals surface area contributed by atoms with Crippen molar-refractivity contribution in [3.05, 3.63) is 68.3 Å². The highest BCUT2D eigenvalue weighted by molar-refractivity contribution is 9.08. The third-order valence-corrected chi connectivity index (χ3v) is 4.34. The Balaban J connectivity index is 2.23. The van der Waals surface area contributed by atoms with Crippen LogP contribution in [0.2, 0.25) is 10.0 Å². The fourth-order valence-corrected chi connectivity index (χ4v) is 2.96. The highest BCUT2D eigenvalue weighted by Crippen LogP contribution is 2.31. The summed E-state index contributed by atoms with van der Waals surface area (Å²) in [5.41, 5.74) is 2.10. The maximum atomic E-state index is 12.3. The van der Waals surface area contributed by atoms with Gasteiger partial charge in [-0.2, -0.15) is 0 Å². The number of benzene rings is 2. The molecule has 0 atom stereocenters. The van der Waals surface area contributed by atoms with Gasteiger partial charge in [-0.1, -0.05) is 45.2 Å². The summed E-state index contributed by atoms with van der Waals surface area (Å²) < 4.78 is 5.81. The van der Waals surface area contributed by atoms with Crippen LogP contribution in [0.15, 0.2) is 51.7 Å². The lowest BCUT2D eigenvalue weighted by atomic mass is 10.1. The molecule has 0 aliphatic carbocycles. The van der Waals surface area contributed by atoms with Crippen LogP contribution in [0.4, 0.5) is 0 Å². The average Bonchev–Trinajstić information content (AvgIpc) is 2.47. The molecule has 0 fully saturated rings. The molecule has 106 valence electrons. The predicted octanol–water partition coefficient (Wildman–Crippen LogP) is 5.66. The predicted molar refractivity (Wildman–Crippen MR) is 90.6 cm³/mol. The fraction of sp³-hybridized carbons (Fsp3) is 0.0625. The smallest absolute Gasteiger partial charge is 0.193 e. The van der Waals surface area contributed by atoms with E-state index in [1.54, 1.807) is 24.3 Å². The van der Waals surface area contributed by atoms with Crippen LogP contribution in [-0.4, -0.2) is 0 Å². The molecule has 5 heteroatoms. The van der Waals surface area contributed by atoms with E-state index in [1.807, 2.05) is 12.1 Å². The molecule has 1 heterocycles. The van der Waals surface area contributed by atoms with Crippen LogP contribution in [0.25, 0.3) is 22.3 Å². The molecule has 0 bridgehead atoms. The summed E-state index contributed by atoms with van der Waals surface area (Å²) in [4.78, 5) is 12.3. The van der Waals surface area contributed by atoms with Crippen LogP contribution in [0, 0.1) is 0 Å². The van der Waals surface area contributed by atoms with Gasteiger partial charge < -0.3 is 4.42 Å². The summed E-state index contributed by atoms with van der Waals surface area (Å²) >= 11 is 15.4. The summed E-state index contributed by atoms with van der Waals surface area (Å²) in [5.74, 6) is 0.431. The Bertz CT molecular complexity index is 887. The molecule has 0 aliphatic heterocycles. The molecular weight excluding hydrogens is 375 g/mol. The SMILES string of the molecule is O=c1cc(-c2ccc(Cl)cc2Cl)oc2ccc(CBr)cc12. The molecular formula is C16H9BrCl2O2. The van der Waals surface area contributed by atoms with Gasteiger partial charge in [-0.25, -0.2) is 0 Å². The van der Waals surface area contributed by atoms with Crippen LogP contribution in [0.5, 0.6) is 0 Å². The average molecular weight is 384 g/mol. The van der Waals surface area contributed by atoms with Gasteiger partial charge in [0.2, 0.25) is 0 Å². The summed E-state index contributed by atoms with van der Waals surface area (Å²) in [6, 6.07) is 12.0. The topological polar surface area (TPSA) is 30.2 Å². The minimum absolute atomic E-state index is 0.0972. The Morgan fingerprint density at radius 2 is 1.86 bits per heavy atom. The van der Waals surface area contributed by atoms with Crippen molar-refractivity contribution in [2.24, 2.45) is 0 Å². The van der Waals surface area contributed by atoms with Crippen LogP contribution in [-0.2, 0) is 5.33 Å². The van der Waals surface area contributed by atoms with Gasteiger partial charge in [0.15, 0.2) is 5.43 Å². The molecule has 0 spiro atoms. The zero-order chi connectivity index (χ0) is 15.0. The van der Waals surface area contributed by atoms with E-state index >= 15 is 0 Å². The largest absolute Gasteiger partial charge is 0.456 e. The van der Waals surface area contributed by atoms with Gasteiger partial charge in [0.25, 0.3) is 0 Å². The van der Waals surface area contributed by atoms with Crippen molar-refractivity contribution < 1.29 is 4.42 Å². The number of rotatable bonds is 2. The molecule has 2 nitrogen and oxygen atoms in total. The first-order chi connectivity index (χ1) is 10.1. The number of halogens is 3. The van der Waals surface area contributed by atoms with E-state index in [0.29, 0.717) is 37.7 Å². The van der Waals surface area contributed by atoms with Gasteiger partial charge in [-0.15, -0.1) is 0 Å². The molecule has 3 aromatic rings. The summed E-state index contributed by atoms with van der Waals surface area (Å²) in [5, 5.41) is 2.23. The Morgan fingerprint density at radius 1 is 1.05 bits per heavy atom. The number of fused-ring (bicyclic) bond motifs is 1. The molecule has 3 rings (SSSR count). The van der Waals surface area contributed by atoms with Gasteiger partial charge in [-0.3, -0.25) is 4.79 Å². The van der Waals surface area contributed by atoms with Crippen LogP contribution in [0.1, 0.15) is 5.56 Å². The van der Waals surface area contributed by atoms with E-state index in [-0.39, 0.29) is 5.43 Å². The van der Waals surface area contributed by atoms with Gasteiger partial charge in [0.1, 0.15) is 11.3 Å². The second-order valence-electron chi connectivity index (χ2n) is 4.56. The van der Waals surface area contributed by atoms with Crippen LogP contribution >= 0.6 is 39.1 Å². The van der Waals surface area contributed by atoms with E-state index in [2.05, 4.69) is 15.9 Å². The molecule has 0 radical (unpaired) electrons. The van der Waals surface area contributed by atoms with Crippen LogP contribution in [0.3, 0.4) is 0 Å². The zero-order valence-electron chi connectivity index (χ0n) is 10.7. The molecule has 2 aromatic carbocycles. The van der Waals surface area contributed by atoms with Crippen LogP contribution < -0.4 is 5.43 Å². The van der Waals surface area contributed by atoms with Gasteiger partial charge in [0, 0.05) is 22.0 Å². The Hall–Kier alpha value is -1.29. The third kappa shape index (κ3) is 2.86. The summed E-state index contributed by atoms with van der Waals surface area (Å²) in [6.07, 6.45) is 0. The Kier molecular flexibility index (Phi) is 4.07. The van der Waals surface area contributed by atoms with Gasteiger partial charge in [0.05, 0.1) is 10.4 Å². The van der Waals surface area contributed by atoms with Crippen molar-refractivity contribution in [1.82, 2.24) is 0 Å².